The lowest BCUT2D eigenvalue weighted by atomic mass is 9.85. The van der Waals surface area contributed by atoms with E-state index >= 15 is 0 Å². The quantitative estimate of drug-likeness (QED) is 0.436. The van der Waals surface area contributed by atoms with E-state index in [1.54, 1.807) is 12.1 Å². The summed E-state index contributed by atoms with van der Waals surface area (Å²) in [4.78, 5) is 24.6. The Morgan fingerprint density at radius 3 is 2.75 bits per heavy atom. The van der Waals surface area contributed by atoms with Gasteiger partial charge in [0.1, 0.15) is 0 Å². The van der Waals surface area contributed by atoms with E-state index in [0.29, 0.717) is 18.0 Å². The maximum atomic E-state index is 12.2. The summed E-state index contributed by atoms with van der Waals surface area (Å²) in [5.41, 5.74) is 0.393. The number of carbonyl (C=O) groups excluding carboxylic acids is 1. The SMILES string of the molecule is CCN(CC(=O)c1cccc([N+](=O)[O-])c1)CC1CCC1. The summed E-state index contributed by atoms with van der Waals surface area (Å²) in [6.45, 7) is 4.17. The van der Waals surface area contributed by atoms with Crippen molar-refractivity contribution >= 4 is 11.5 Å². The minimum Gasteiger partial charge on any atom is -0.296 e. The summed E-state index contributed by atoms with van der Waals surface area (Å²) >= 11 is 0. The van der Waals surface area contributed by atoms with E-state index in [4.69, 9.17) is 0 Å². The monoisotopic (exact) mass is 276 g/mol. The van der Waals surface area contributed by atoms with Gasteiger partial charge in [-0.2, -0.15) is 0 Å². The number of hydrogen-bond donors (Lipinski definition) is 0. The highest BCUT2D eigenvalue weighted by Crippen LogP contribution is 2.27. The number of non-ortho nitro benzene ring substituents is 1. The maximum Gasteiger partial charge on any atom is 0.270 e. The molecule has 1 aliphatic rings. The van der Waals surface area contributed by atoms with Gasteiger partial charge in [-0.1, -0.05) is 25.5 Å². The Morgan fingerprint density at radius 1 is 1.45 bits per heavy atom. The molecule has 1 saturated carbocycles. The van der Waals surface area contributed by atoms with Gasteiger partial charge < -0.3 is 0 Å². The minimum absolute atomic E-state index is 0.0297. The number of nitro benzene ring substituents is 1. The van der Waals surface area contributed by atoms with Crippen molar-refractivity contribution in [3.63, 3.8) is 0 Å². The maximum absolute atomic E-state index is 12.2. The molecule has 5 heteroatoms. The van der Waals surface area contributed by atoms with Gasteiger partial charge in [-0.3, -0.25) is 19.8 Å². The van der Waals surface area contributed by atoms with Crippen molar-refractivity contribution < 1.29 is 9.72 Å². The fourth-order valence-electron chi connectivity index (χ4n) is 2.43. The molecule has 0 amide bonds. The number of Topliss-reactive ketones (excluding diaryl/α,β-unsaturated/α-hetero) is 1. The first kappa shape index (κ1) is 14.7. The molecule has 0 spiro atoms. The summed E-state index contributed by atoms with van der Waals surface area (Å²) in [6, 6.07) is 5.97. The molecule has 108 valence electrons. The Balaban J connectivity index is 1.98. The van der Waals surface area contributed by atoms with Crippen LogP contribution in [0.25, 0.3) is 0 Å². The van der Waals surface area contributed by atoms with Crippen molar-refractivity contribution in [2.24, 2.45) is 5.92 Å². The Hall–Kier alpha value is -1.75. The predicted molar refractivity (Wildman–Crippen MR) is 76.9 cm³/mol. The van der Waals surface area contributed by atoms with Crippen LogP contribution in [-0.2, 0) is 0 Å². The summed E-state index contributed by atoms with van der Waals surface area (Å²) < 4.78 is 0. The number of likely N-dealkylation sites (N-methyl/N-ethyl adjacent to an activating group) is 1. The fourth-order valence-corrected chi connectivity index (χ4v) is 2.43. The molecule has 2 rings (SSSR count). The van der Waals surface area contributed by atoms with Crippen LogP contribution in [0, 0.1) is 16.0 Å². The molecule has 0 N–H and O–H groups in total. The second-order valence-corrected chi connectivity index (χ2v) is 5.36. The first-order valence-corrected chi connectivity index (χ1v) is 7.10. The molecule has 0 heterocycles. The zero-order valence-electron chi connectivity index (χ0n) is 11.7. The molecular weight excluding hydrogens is 256 g/mol. The smallest absolute Gasteiger partial charge is 0.270 e. The minimum atomic E-state index is -0.470. The third-order valence-corrected chi connectivity index (χ3v) is 3.93. The number of ketones is 1. The molecule has 0 saturated heterocycles. The average molecular weight is 276 g/mol. The van der Waals surface area contributed by atoms with Gasteiger partial charge in [0, 0.05) is 24.2 Å². The van der Waals surface area contributed by atoms with Crippen molar-refractivity contribution in [2.45, 2.75) is 26.2 Å². The molecule has 1 aromatic rings. The molecule has 0 aromatic heterocycles. The van der Waals surface area contributed by atoms with Crippen LogP contribution in [0.3, 0.4) is 0 Å². The molecule has 0 atom stereocenters. The Kier molecular flexibility index (Phi) is 4.84. The number of rotatable bonds is 7. The normalized spacial score (nSPS) is 15.1. The second-order valence-electron chi connectivity index (χ2n) is 5.36. The van der Waals surface area contributed by atoms with Gasteiger partial charge >= 0.3 is 0 Å². The van der Waals surface area contributed by atoms with Gasteiger partial charge in [0.2, 0.25) is 0 Å². The van der Waals surface area contributed by atoms with Crippen LogP contribution in [0.15, 0.2) is 24.3 Å². The fraction of sp³-hybridized carbons (Fsp3) is 0.533. The van der Waals surface area contributed by atoms with E-state index in [2.05, 4.69) is 4.90 Å². The third-order valence-electron chi connectivity index (χ3n) is 3.93. The van der Waals surface area contributed by atoms with Crippen molar-refractivity contribution in [3.05, 3.63) is 39.9 Å². The summed E-state index contributed by atoms with van der Waals surface area (Å²) in [5.74, 6) is 0.669. The van der Waals surface area contributed by atoms with E-state index in [-0.39, 0.29) is 11.5 Å². The van der Waals surface area contributed by atoms with Crippen LogP contribution in [0.2, 0.25) is 0 Å². The molecule has 20 heavy (non-hydrogen) atoms. The van der Waals surface area contributed by atoms with Gasteiger partial charge in [-0.15, -0.1) is 0 Å². The van der Waals surface area contributed by atoms with Crippen LogP contribution in [-0.4, -0.2) is 35.2 Å². The molecule has 0 radical (unpaired) electrons. The number of carbonyl (C=O) groups is 1. The molecule has 1 aromatic carbocycles. The lowest BCUT2D eigenvalue weighted by molar-refractivity contribution is -0.384. The first-order chi connectivity index (χ1) is 9.60. The van der Waals surface area contributed by atoms with Crippen molar-refractivity contribution in [2.75, 3.05) is 19.6 Å². The Labute approximate surface area is 118 Å². The zero-order chi connectivity index (χ0) is 14.5. The largest absolute Gasteiger partial charge is 0.296 e. The van der Waals surface area contributed by atoms with E-state index in [0.717, 1.165) is 13.1 Å². The molecule has 1 fully saturated rings. The summed E-state index contributed by atoms with van der Waals surface area (Å²) in [6.07, 6.45) is 3.80. The van der Waals surface area contributed by atoms with E-state index in [1.165, 1.54) is 31.4 Å². The van der Waals surface area contributed by atoms with E-state index in [9.17, 15) is 14.9 Å². The lowest BCUT2D eigenvalue weighted by Crippen LogP contribution is -2.36. The van der Waals surface area contributed by atoms with Crippen molar-refractivity contribution in [1.82, 2.24) is 4.90 Å². The van der Waals surface area contributed by atoms with Crippen LogP contribution < -0.4 is 0 Å². The second kappa shape index (κ2) is 6.61. The van der Waals surface area contributed by atoms with Crippen molar-refractivity contribution in [1.29, 1.82) is 0 Å². The van der Waals surface area contributed by atoms with Crippen molar-refractivity contribution in [3.8, 4) is 0 Å². The summed E-state index contributed by atoms with van der Waals surface area (Å²) in [5, 5.41) is 10.7. The van der Waals surface area contributed by atoms with Gasteiger partial charge in [-0.05, 0) is 25.3 Å². The number of hydrogen-bond acceptors (Lipinski definition) is 4. The standard InChI is InChI=1S/C15H20N2O3/c1-2-16(10-12-5-3-6-12)11-15(18)13-7-4-8-14(9-13)17(19)20/h4,7-9,12H,2-3,5-6,10-11H2,1H3. The van der Waals surface area contributed by atoms with Gasteiger partial charge in [0.15, 0.2) is 5.78 Å². The number of benzene rings is 1. The average Bonchev–Trinajstić information content (AvgIpc) is 2.41. The van der Waals surface area contributed by atoms with E-state index < -0.39 is 4.92 Å². The topological polar surface area (TPSA) is 63.5 Å². The van der Waals surface area contributed by atoms with Crippen LogP contribution in [0.1, 0.15) is 36.5 Å². The summed E-state index contributed by atoms with van der Waals surface area (Å²) in [7, 11) is 0. The molecule has 5 nitrogen and oxygen atoms in total. The van der Waals surface area contributed by atoms with Gasteiger partial charge in [0.05, 0.1) is 11.5 Å². The highest BCUT2D eigenvalue weighted by Gasteiger charge is 2.22. The number of nitrogens with zero attached hydrogens (tertiary/aromatic N) is 2. The zero-order valence-corrected chi connectivity index (χ0v) is 11.7. The highest BCUT2D eigenvalue weighted by atomic mass is 16.6. The Bertz CT molecular complexity index is 498. The Morgan fingerprint density at radius 2 is 2.20 bits per heavy atom. The van der Waals surface area contributed by atoms with Crippen LogP contribution >= 0.6 is 0 Å². The third kappa shape index (κ3) is 3.63. The lowest BCUT2D eigenvalue weighted by Gasteiger charge is -2.31. The predicted octanol–water partition coefficient (Wildman–Crippen LogP) is 2.90. The first-order valence-electron chi connectivity index (χ1n) is 7.10. The molecule has 0 unspecified atom stereocenters. The molecule has 1 aliphatic carbocycles. The molecular formula is C15H20N2O3. The van der Waals surface area contributed by atoms with Gasteiger partial charge in [0.25, 0.3) is 5.69 Å². The van der Waals surface area contributed by atoms with Crippen LogP contribution in [0.5, 0.6) is 0 Å². The van der Waals surface area contributed by atoms with Crippen LogP contribution in [0.4, 0.5) is 5.69 Å². The number of nitro groups is 1. The molecule has 0 bridgehead atoms. The highest BCUT2D eigenvalue weighted by molar-refractivity contribution is 5.98. The van der Waals surface area contributed by atoms with Gasteiger partial charge in [-0.25, -0.2) is 0 Å². The molecule has 0 aliphatic heterocycles. The van der Waals surface area contributed by atoms with E-state index in [1.807, 2.05) is 6.92 Å².